The van der Waals surface area contributed by atoms with Crippen molar-refractivity contribution in [3.63, 3.8) is 0 Å². The molecular weight excluding hydrogens is 452 g/mol. The van der Waals surface area contributed by atoms with Crippen LogP contribution in [-0.4, -0.2) is 17.5 Å². The lowest BCUT2D eigenvalue weighted by atomic mass is 9.83. The van der Waals surface area contributed by atoms with E-state index in [1.807, 2.05) is 0 Å². The first-order valence-electron chi connectivity index (χ1n) is 17.6. The van der Waals surface area contributed by atoms with Crippen LogP contribution in [0.2, 0.25) is 0 Å². The van der Waals surface area contributed by atoms with Crippen molar-refractivity contribution in [1.29, 1.82) is 0 Å². The van der Waals surface area contributed by atoms with E-state index >= 15 is 0 Å². The molecule has 1 fully saturated rings. The van der Waals surface area contributed by atoms with Crippen LogP contribution in [0.1, 0.15) is 206 Å². The second kappa shape index (κ2) is 26.2. The van der Waals surface area contributed by atoms with E-state index in [1.54, 1.807) is 0 Å². The average Bonchev–Trinajstić information content (AvgIpc) is 2.89. The Bertz CT molecular complexity index is 445. The highest BCUT2D eigenvalue weighted by Crippen LogP contribution is 2.38. The monoisotopic (exact) mass is 523 g/mol. The number of rotatable bonds is 30. The Balaban J connectivity index is 1.93. The molecule has 1 aliphatic heterocycles. The van der Waals surface area contributed by atoms with Crippen molar-refractivity contribution in [2.24, 2.45) is 5.92 Å². The van der Waals surface area contributed by atoms with Crippen molar-refractivity contribution >= 4 is 0 Å². The van der Waals surface area contributed by atoms with Gasteiger partial charge in [-0.15, -0.1) is 0 Å². The number of aliphatic hydroxyl groups is 1. The Morgan fingerprint density at radius 3 is 0.919 bits per heavy atom. The summed E-state index contributed by atoms with van der Waals surface area (Å²) >= 11 is 0. The SMILES string of the molecule is CCCCCCCCCCCCCCCCCC(CCCCCCCCCCCCCC)C1(O)CCO1. The van der Waals surface area contributed by atoms with Crippen LogP contribution in [-0.2, 0) is 4.74 Å². The lowest BCUT2D eigenvalue weighted by Crippen LogP contribution is -2.50. The minimum Gasteiger partial charge on any atom is -0.365 e. The quantitative estimate of drug-likeness (QED) is 0.0950. The molecule has 2 atom stereocenters. The van der Waals surface area contributed by atoms with Gasteiger partial charge in [0.2, 0.25) is 0 Å². The fourth-order valence-corrected chi connectivity index (χ4v) is 6.22. The molecule has 0 bridgehead atoms. The van der Waals surface area contributed by atoms with Gasteiger partial charge >= 0.3 is 0 Å². The van der Waals surface area contributed by atoms with Crippen LogP contribution < -0.4 is 0 Å². The Kier molecular flexibility index (Phi) is 24.7. The molecule has 222 valence electrons. The molecule has 1 rings (SSSR count). The summed E-state index contributed by atoms with van der Waals surface area (Å²) < 4.78 is 5.67. The van der Waals surface area contributed by atoms with Gasteiger partial charge in [0.1, 0.15) is 0 Å². The van der Waals surface area contributed by atoms with Gasteiger partial charge in [-0.1, -0.05) is 187 Å². The third kappa shape index (κ3) is 20.5. The van der Waals surface area contributed by atoms with Crippen LogP contribution in [0.4, 0.5) is 0 Å². The highest BCUT2D eigenvalue weighted by atomic mass is 16.6. The summed E-state index contributed by atoms with van der Waals surface area (Å²) in [5, 5.41) is 10.8. The molecule has 0 saturated carbocycles. The van der Waals surface area contributed by atoms with Gasteiger partial charge in [-0.25, -0.2) is 0 Å². The predicted octanol–water partition coefficient (Wildman–Crippen LogP) is 12.1. The topological polar surface area (TPSA) is 29.5 Å². The van der Waals surface area contributed by atoms with Crippen molar-refractivity contribution in [2.75, 3.05) is 6.61 Å². The largest absolute Gasteiger partial charge is 0.365 e. The Hall–Kier alpha value is -0.0800. The number of hydrogen-bond acceptors (Lipinski definition) is 2. The minimum absolute atomic E-state index is 0.367. The van der Waals surface area contributed by atoms with Gasteiger partial charge in [-0.3, -0.25) is 0 Å². The van der Waals surface area contributed by atoms with E-state index in [0.717, 1.165) is 25.9 Å². The molecule has 0 aliphatic carbocycles. The zero-order chi connectivity index (χ0) is 26.7. The van der Waals surface area contributed by atoms with Gasteiger partial charge < -0.3 is 9.84 Å². The maximum atomic E-state index is 10.8. The molecule has 2 heteroatoms. The smallest absolute Gasteiger partial charge is 0.170 e. The molecule has 1 heterocycles. The number of unbranched alkanes of at least 4 members (excludes halogenated alkanes) is 25. The average molecular weight is 523 g/mol. The summed E-state index contributed by atoms with van der Waals surface area (Å²) in [5.41, 5.74) is 0. The molecule has 0 amide bonds. The summed E-state index contributed by atoms with van der Waals surface area (Å²) in [6.45, 7) is 5.35. The minimum atomic E-state index is -0.784. The summed E-state index contributed by atoms with van der Waals surface area (Å²) in [6.07, 6.45) is 41.1. The molecule has 0 aromatic rings. The first-order valence-corrected chi connectivity index (χ1v) is 17.6. The van der Waals surface area contributed by atoms with Gasteiger partial charge in [0.15, 0.2) is 5.79 Å². The van der Waals surface area contributed by atoms with Crippen LogP contribution in [0.3, 0.4) is 0 Å². The second-order valence-electron chi connectivity index (χ2n) is 12.6. The zero-order valence-corrected chi connectivity index (χ0v) is 25.9. The summed E-state index contributed by atoms with van der Waals surface area (Å²) in [6, 6.07) is 0. The van der Waals surface area contributed by atoms with Gasteiger partial charge in [0.05, 0.1) is 6.61 Å². The molecule has 1 aliphatic rings. The molecule has 2 nitrogen and oxygen atoms in total. The van der Waals surface area contributed by atoms with E-state index in [2.05, 4.69) is 13.8 Å². The fraction of sp³-hybridized carbons (Fsp3) is 1.00. The normalized spacial score (nSPS) is 18.2. The Morgan fingerprint density at radius 1 is 0.459 bits per heavy atom. The predicted molar refractivity (Wildman–Crippen MR) is 164 cm³/mol. The van der Waals surface area contributed by atoms with Crippen LogP contribution in [0.25, 0.3) is 0 Å². The lowest BCUT2D eigenvalue weighted by Gasteiger charge is -2.43. The molecule has 0 aromatic carbocycles. The van der Waals surface area contributed by atoms with Crippen molar-refractivity contribution in [2.45, 2.75) is 212 Å². The van der Waals surface area contributed by atoms with Crippen LogP contribution in [0, 0.1) is 5.92 Å². The summed E-state index contributed by atoms with van der Waals surface area (Å²) in [7, 11) is 0. The van der Waals surface area contributed by atoms with E-state index < -0.39 is 5.79 Å². The highest BCUT2D eigenvalue weighted by Gasteiger charge is 2.42. The fourth-order valence-electron chi connectivity index (χ4n) is 6.22. The number of hydrogen-bond donors (Lipinski definition) is 1. The molecule has 0 aromatic heterocycles. The van der Waals surface area contributed by atoms with Crippen molar-refractivity contribution in [3.05, 3.63) is 0 Å². The highest BCUT2D eigenvalue weighted by molar-refractivity contribution is 4.84. The van der Waals surface area contributed by atoms with Crippen LogP contribution in [0.15, 0.2) is 0 Å². The van der Waals surface area contributed by atoms with Gasteiger partial charge in [-0.05, 0) is 12.8 Å². The first kappa shape index (κ1) is 34.9. The van der Waals surface area contributed by atoms with Gasteiger partial charge in [-0.2, -0.15) is 0 Å². The second-order valence-corrected chi connectivity index (χ2v) is 12.6. The van der Waals surface area contributed by atoms with Crippen molar-refractivity contribution in [1.82, 2.24) is 0 Å². The molecular formula is C35H70O2. The zero-order valence-electron chi connectivity index (χ0n) is 25.9. The van der Waals surface area contributed by atoms with Crippen LogP contribution in [0.5, 0.6) is 0 Å². The third-order valence-corrected chi connectivity index (χ3v) is 9.01. The van der Waals surface area contributed by atoms with E-state index in [0.29, 0.717) is 5.92 Å². The first-order chi connectivity index (χ1) is 18.2. The molecule has 0 radical (unpaired) electrons. The van der Waals surface area contributed by atoms with E-state index in [-0.39, 0.29) is 0 Å². The van der Waals surface area contributed by atoms with Crippen molar-refractivity contribution in [3.8, 4) is 0 Å². The molecule has 1 saturated heterocycles. The molecule has 0 spiro atoms. The van der Waals surface area contributed by atoms with Gasteiger partial charge in [0, 0.05) is 12.3 Å². The Morgan fingerprint density at radius 2 is 0.703 bits per heavy atom. The van der Waals surface area contributed by atoms with E-state index in [1.165, 1.54) is 173 Å². The lowest BCUT2D eigenvalue weighted by molar-refractivity contribution is -0.312. The van der Waals surface area contributed by atoms with E-state index in [9.17, 15) is 5.11 Å². The summed E-state index contributed by atoms with van der Waals surface area (Å²) in [4.78, 5) is 0. The molecule has 37 heavy (non-hydrogen) atoms. The Labute approximate surface area is 234 Å². The van der Waals surface area contributed by atoms with Crippen LogP contribution >= 0.6 is 0 Å². The molecule has 1 N–H and O–H groups in total. The third-order valence-electron chi connectivity index (χ3n) is 9.01. The number of ether oxygens (including phenoxy) is 1. The van der Waals surface area contributed by atoms with Crippen molar-refractivity contribution < 1.29 is 9.84 Å². The maximum absolute atomic E-state index is 10.8. The van der Waals surface area contributed by atoms with E-state index in [4.69, 9.17) is 4.74 Å². The molecule has 2 unspecified atom stereocenters. The summed E-state index contributed by atoms with van der Waals surface area (Å²) in [5.74, 6) is -0.417. The van der Waals surface area contributed by atoms with Gasteiger partial charge in [0.25, 0.3) is 0 Å². The maximum Gasteiger partial charge on any atom is 0.170 e. The standard InChI is InChI=1S/C35H70O2/c1-3-5-7-9-11-13-15-17-18-19-21-23-25-27-29-31-34(35(36)32-33-37-35)30-28-26-24-22-20-16-14-12-10-8-6-4-2/h34,36H,3-33H2,1-2H3.